The van der Waals surface area contributed by atoms with Gasteiger partial charge in [0.2, 0.25) is 5.28 Å². The van der Waals surface area contributed by atoms with E-state index in [4.69, 9.17) is 11.6 Å². The Morgan fingerprint density at radius 1 is 1.33 bits per heavy atom. The van der Waals surface area contributed by atoms with Gasteiger partial charge in [0.25, 0.3) is 0 Å². The van der Waals surface area contributed by atoms with Gasteiger partial charge in [-0.2, -0.15) is 0 Å². The monoisotopic (exact) mass is 227 g/mol. The van der Waals surface area contributed by atoms with Crippen molar-refractivity contribution < 1.29 is 0 Å². The molecule has 1 heterocycles. The Bertz CT molecular complexity index is 335. The Labute approximate surface area is 95.8 Å². The third-order valence-corrected chi connectivity index (χ3v) is 3.70. The van der Waals surface area contributed by atoms with Crippen LogP contribution in [-0.4, -0.2) is 14.8 Å². The standard InChI is InChI=1S/C11H18ClN3/c1-3-10-13-14-11(12)15(10)9-7-5-4-6-8(9)2/h8-9H,3-7H2,1-2H3. The molecule has 84 valence electrons. The van der Waals surface area contributed by atoms with Crippen LogP contribution in [-0.2, 0) is 6.42 Å². The maximum Gasteiger partial charge on any atom is 0.225 e. The van der Waals surface area contributed by atoms with Crippen LogP contribution in [0.3, 0.4) is 0 Å². The van der Waals surface area contributed by atoms with Crippen molar-refractivity contribution >= 4 is 11.6 Å². The van der Waals surface area contributed by atoms with E-state index in [1.165, 1.54) is 25.7 Å². The molecule has 1 fully saturated rings. The topological polar surface area (TPSA) is 30.7 Å². The van der Waals surface area contributed by atoms with Gasteiger partial charge in [0.05, 0.1) is 0 Å². The molecule has 2 atom stereocenters. The van der Waals surface area contributed by atoms with E-state index >= 15 is 0 Å². The van der Waals surface area contributed by atoms with Gasteiger partial charge >= 0.3 is 0 Å². The SMILES string of the molecule is CCc1nnc(Cl)n1C1CCCCC1C. The molecule has 0 spiro atoms. The van der Waals surface area contributed by atoms with Crippen molar-refractivity contribution in [3.05, 3.63) is 11.1 Å². The first-order chi connectivity index (χ1) is 7.24. The van der Waals surface area contributed by atoms with Crippen molar-refractivity contribution in [2.75, 3.05) is 0 Å². The molecule has 0 radical (unpaired) electrons. The van der Waals surface area contributed by atoms with Gasteiger partial charge in [-0.3, -0.25) is 4.57 Å². The van der Waals surface area contributed by atoms with Crippen molar-refractivity contribution in [1.82, 2.24) is 14.8 Å². The molecule has 0 aliphatic heterocycles. The molecule has 1 aromatic rings. The Balaban J connectivity index is 2.29. The Hall–Kier alpha value is -0.570. The molecule has 2 unspecified atom stereocenters. The second-order valence-electron chi connectivity index (χ2n) is 4.44. The number of rotatable bonds is 2. The van der Waals surface area contributed by atoms with Gasteiger partial charge in [0.15, 0.2) is 0 Å². The minimum absolute atomic E-state index is 0.510. The van der Waals surface area contributed by atoms with Crippen molar-refractivity contribution in [2.45, 2.75) is 52.0 Å². The normalized spacial score (nSPS) is 26.9. The predicted octanol–water partition coefficient (Wildman–Crippen LogP) is 3.25. The summed E-state index contributed by atoms with van der Waals surface area (Å²) in [5, 5.41) is 8.66. The molecule has 0 N–H and O–H groups in total. The molecule has 1 aromatic heterocycles. The van der Waals surface area contributed by atoms with Crippen LogP contribution in [0.1, 0.15) is 51.4 Å². The number of aromatic nitrogens is 3. The lowest BCUT2D eigenvalue weighted by molar-refractivity contribution is 0.252. The van der Waals surface area contributed by atoms with Crippen molar-refractivity contribution in [3.63, 3.8) is 0 Å². The lowest BCUT2D eigenvalue weighted by Gasteiger charge is -2.30. The van der Waals surface area contributed by atoms with Crippen LogP contribution in [0.2, 0.25) is 5.28 Å². The fraction of sp³-hybridized carbons (Fsp3) is 0.818. The first kappa shape index (κ1) is 10.9. The number of hydrogen-bond donors (Lipinski definition) is 0. The summed E-state index contributed by atoms with van der Waals surface area (Å²) in [4.78, 5) is 0. The van der Waals surface area contributed by atoms with Crippen LogP contribution in [0.4, 0.5) is 0 Å². The summed E-state index contributed by atoms with van der Waals surface area (Å²) in [6.45, 7) is 4.41. The van der Waals surface area contributed by atoms with E-state index in [1.54, 1.807) is 0 Å². The minimum atomic E-state index is 0.510. The lowest BCUT2D eigenvalue weighted by Crippen LogP contribution is -2.22. The van der Waals surface area contributed by atoms with Crippen LogP contribution in [0, 0.1) is 5.92 Å². The van der Waals surface area contributed by atoms with Gasteiger partial charge in [-0.05, 0) is 30.4 Å². The average molecular weight is 228 g/mol. The highest BCUT2D eigenvalue weighted by atomic mass is 35.5. The van der Waals surface area contributed by atoms with Gasteiger partial charge in [-0.15, -0.1) is 10.2 Å². The highest BCUT2D eigenvalue weighted by molar-refractivity contribution is 6.28. The van der Waals surface area contributed by atoms with E-state index in [0.717, 1.165) is 12.2 Å². The Morgan fingerprint density at radius 3 is 2.73 bits per heavy atom. The Kier molecular flexibility index (Phi) is 3.29. The fourth-order valence-electron chi connectivity index (χ4n) is 2.55. The number of hydrogen-bond acceptors (Lipinski definition) is 2. The van der Waals surface area contributed by atoms with E-state index in [2.05, 4.69) is 28.6 Å². The summed E-state index contributed by atoms with van der Waals surface area (Å²) >= 11 is 6.11. The van der Waals surface area contributed by atoms with Crippen molar-refractivity contribution in [1.29, 1.82) is 0 Å². The maximum atomic E-state index is 6.11. The number of nitrogens with zero attached hydrogens (tertiary/aromatic N) is 3. The highest BCUT2D eigenvalue weighted by Crippen LogP contribution is 2.35. The zero-order chi connectivity index (χ0) is 10.8. The zero-order valence-corrected chi connectivity index (χ0v) is 10.2. The molecule has 3 nitrogen and oxygen atoms in total. The summed E-state index contributed by atoms with van der Waals surface area (Å²) < 4.78 is 2.14. The summed E-state index contributed by atoms with van der Waals surface area (Å²) in [6, 6.07) is 0.510. The third kappa shape index (κ3) is 2.03. The van der Waals surface area contributed by atoms with E-state index in [1.807, 2.05) is 0 Å². The van der Waals surface area contributed by atoms with Crippen molar-refractivity contribution in [2.24, 2.45) is 5.92 Å². The van der Waals surface area contributed by atoms with Crippen LogP contribution in [0.25, 0.3) is 0 Å². The first-order valence-electron chi connectivity index (χ1n) is 5.83. The van der Waals surface area contributed by atoms with Gasteiger partial charge in [0.1, 0.15) is 5.82 Å². The van der Waals surface area contributed by atoms with Crippen LogP contribution in [0.15, 0.2) is 0 Å². The van der Waals surface area contributed by atoms with Gasteiger partial charge in [0, 0.05) is 12.5 Å². The number of aryl methyl sites for hydroxylation is 1. The van der Waals surface area contributed by atoms with Gasteiger partial charge < -0.3 is 0 Å². The predicted molar refractivity (Wildman–Crippen MR) is 61.1 cm³/mol. The summed E-state index contributed by atoms with van der Waals surface area (Å²) in [7, 11) is 0. The molecular formula is C11H18ClN3. The molecule has 0 bridgehead atoms. The lowest BCUT2D eigenvalue weighted by atomic mass is 9.85. The summed E-state index contributed by atoms with van der Waals surface area (Å²) in [5.41, 5.74) is 0. The first-order valence-corrected chi connectivity index (χ1v) is 6.21. The second kappa shape index (κ2) is 4.52. The quantitative estimate of drug-likeness (QED) is 0.777. The van der Waals surface area contributed by atoms with E-state index in [0.29, 0.717) is 17.2 Å². The van der Waals surface area contributed by atoms with E-state index < -0.39 is 0 Å². The maximum absolute atomic E-state index is 6.11. The molecule has 1 saturated carbocycles. The Morgan fingerprint density at radius 2 is 2.07 bits per heavy atom. The fourth-order valence-corrected chi connectivity index (χ4v) is 2.81. The van der Waals surface area contributed by atoms with E-state index in [-0.39, 0.29) is 0 Å². The average Bonchev–Trinajstić information content (AvgIpc) is 2.60. The summed E-state index contributed by atoms with van der Waals surface area (Å²) in [6.07, 6.45) is 6.06. The zero-order valence-electron chi connectivity index (χ0n) is 9.41. The molecule has 0 amide bonds. The molecular weight excluding hydrogens is 210 g/mol. The third-order valence-electron chi connectivity index (χ3n) is 3.44. The van der Waals surface area contributed by atoms with Crippen LogP contribution >= 0.6 is 11.6 Å². The molecule has 15 heavy (non-hydrogen) atoms. The highest BCUT2D eigenvalue weighted by Gasteiger charge is 2.26. The molecule has 2 rings (SSSR count). The second-order valence-corrected chi connectivity index (χ2v) is 4.78. The van der Waals surface area contributed by atoms with E-state index in [9.17, 15) is 0 Å². The van der Waals surface area contributed by atoms with Crippen molar-refractivity contribution in [3.8, 4) is 0 Å². The molecule has 0 saturated heterocycles. The van der Waals surface area contributed by atoms with Gasteiger partial charge in [-0.1, -0.05) is 26.7 Å². The van der Waals surface area contributed by atoms with Crippen LogP contribution in [0.5, 0.6) is 0 Å². The molecule has 4 heteroatoms. The molecule has 0 aromatic carbocycles. The largest absolute Gasteiger partial charge is 0.298 e. The minimum Gasteiger partial charge on any atom is -0.298 e. The van der Waals surface area contributed by atoms with Crippen LogP contribution < -0.4 is 0 Å². The molecule has 1 aliphatic carbocycles. The number of halogens is 1. The summed E-state index contributed by atoms with van der Waals surface area (Å²) in [5.74, 6) is 1.72. The molecule has 1 aliphatic rings. The van der Waals surface area contributed by atoms with Gasteiger partial charge in [-0.25, -0.2) is 0 Å². The smallest absolute Gasteiger partial charge is 0.225 e.